The molecule has 1 N–H and O–H groups in total. The molecule has 0 aromatic heterocycles. The lowest BCUT2D eigenvalue weighted by Gasteiger charge is -2.30. The van der Waals surface area contributed by atoms with Gasteiger partial charge in [0.15, 0.2) is 0 Å². The zero-order valence-corrected chi connectivity index (χ0v) is 12.8. The zero-order valence-electron chi connectivity index (χ0n) is 12.0. The number of amides is 1. The molecule has 1 amide bonds. The summed E-state index contributed by atoms with van der Waals surface area (Å²) in [5.41, 5.74) is 2.83. The van der Waals surface area contributed by atoms with Crippen LogP contribution in [-0.2, 0) is 17.6 Å². The number of piperidine rings is 1. The second-order valence-corrected chi connectivity index (χ2v) is 5.80. The Bertz CT molecular complexity index is 446. The van der Waals surface area contributed by atoms with E-state index in [9.17, 15) is 4.79 Å². The second-order valence-electron chi connectivity index (χ2n) is 5.80. The molecule has 4 heteroatoms. The fourth-order valence-corrected chi connectivity index (χ4v) is 3.35. The van der Waals surface area contributed by atoms with Crippen LogP contribution in [0.4, 0.5) is 0 Å². The maximum Gasteiger partial charge on any atom is 0.225 e. The number of carbonyl (C=O) groups excluding carboxylic acids is 1. The van der Waals surface area contributed by atoms with Crippen molar-refractivity contribution in [2.24, 2.45) is 5.92 Å². The summed E-state index contributed by atoms with van der Waals surface area (Å²) < 4.78 is 0. The highest BCUT2D eigenvalue weighted by atomic mass is 35.5. The number of likely N-dealkylation sites (N-methyl/N-ethyl adjacent to an activating group) is 1. The van der Waals surface area contributed by atoms with E-state index >= 15 is 0 Å². The summed E-state index contributed by atoms with van der Waals surface area (Å²) >= 11 is 0. The van der Waals surface area contributed by atoms with E-state index in [-0.39, 0.29) is 18.3 Å². The molecule has 2 aliphatic rings. The summed E-state index contributed by atoms with van der Waals surface area (Å²) in [4.78, 5) is 14.5. The second kappa shape index (κ2) is 6.59. The van der Waals surface area contributed by atoms with Crippen molar-refractivity contribution in [3.63, 3.8) is 0 Å². The van der Waals surface area contributed by atoms with E-state index in [1.165, 1.54) is 11.1 Å². The molecule has 1 aromatic rings. The molecule has 1 aromatic carbocycles. The fraction of sp³-hybridized carbons (Fsp3) is 0.562. The molecule has 1 heterocycles. The summed E-state index contributed by atoms with van der Waals surface area (Å²) in [7, 11) is 1.99. The molecule has 1 saturated heterocycles. The average Bonchev–Trinajstić information content (AvgIpc) is 2.90. The van der Waals surface area contributed by atoms with Gasteiger partial charge in [0, 0.05) is 19.0 Å². The monoisotopic (exact) mass is 294 g/mol. The van der Waals surface area contributed by atoms with Crippen molar-refractivity contribution in [3.05, 3.63) is 35.4 Å². The molecule has 0 radical (unpaired) electrons. The van der Waals surface area contributed by atoms with E-state index in [0.717, 1.165) is 38.8 Å². The summed E-state index contributed by atoms with van der Waals surface area (Å²) in [6, 6.07) is 8.93. The Morgan fingerprint density at radius 2 is 1.70 bits per heavy atom. The Hall–Kier alpha value is -1.06. The summed E-state index contributed by atoms with van der Waals surface area (Å²) in [5.74, 6) is 0.578. The van der Waals surface area contributed by atoms with E-state index in [4.69, 9.17) is 0 Å². The van der Waals surface area contributed by atoms with Gasteiger partial charge in [-0.3, -0.25) is 4.79 Å². The minimum absolute atomic E-state index is 0. The lowest BCUT2D eigenvalue weighted by molar-refractivity contribution is -0.137. The molecule has 0 unspecified atom stereocenters. The molecular formula is C16H23ClN2O. The molecule has 3 nitrogen and oxygen atoms in total. The molecule has 0 bridgehead atoms. The zero-order chi connectivity index (χ0) is 13.2. The Kier molecular flexibility index (Phi) is 5.06. The SMILES string of the molecule is CN(C(=O)C1CCNCC1)C1Cc2ccccc2C1.Cl. The van der Waals surface area contributed by atoms with Crippen molar-refractivity contribution in [2.45, 2.75) is 31.7 Å². The van der Waals surface area contributed by atoms with Crippen LogP contribution in [0.25, 0.3) is 0 Å². The van der Waals surface area contributed by atoms with E-state index < -0.39 is 0 Å². The minimum atomic E-state index is 0. The van der Waals surface area contributed by atoms with Crippen LogP contribution in [0.1, 0.15) is 24.0 Å². The molecule has 20 heavy (non-hydrogen) atoms. The van der Waals surface area contributed by atoms with Crippen molar-refractivity contribution in [3.8, 4) is 0 Å². The van der Waals surface area contributed by atoms with Gasteiger partial charge in [0.2, 0.25) is 5.91 Å². The molecule has 1 aliphatic carbocycles. The first-order valence-electron chi connectivity index (χ1n) is 7.30. The molecule has 110 valence electrons. The largest absolute Gasteiger partial charge is 0.342 e. The van der Waals surface area contributed by atoms with E-state index in [2.05, 4.69) is 29.6 Å². The fourth-order valence-electron chi connectivity index (χ4n) is 3.35. The predicted molar refractivity (Wildman–Crippen MR) is 83.2 cm³/mol. The number of nitrogens with one attached hydrogen (secondary N) is 1. The number of benzene rings is 1. The van der Waals surface area contributed by atoms with Gasteiger partial charge in [-0.25, -0.2) is 0 Å². The Labute approximate surface area is 127 Å². The van der Waals surface area contributed by atoms with Gasteiger partial charge < -0.3 is 10.2 Å². The summed E-state index contributed by atoms with van der Waals surface area (Å²) in [6.45, 7) is 1.96. The third-order valence-electron chi connectivity index (χ3n) is 4.61. The quantitative estimate of drug-likeness (QED) is 0.905. The van der Waals surface area contributed by atoms with Crippen LogP contribution in [0.3, 0.4) is 0 Å². The normalized spacial score (nSPS) is 19.2. The first-order valence-corrected chi connectivity index (χ1v) is 7.30. The lowest BCUT2D eigenvalue weighted by Crippen LogP contribution is -2.44. The van der Waals surface area contributed by atoms with Crippen LogP contribution in [0, 0.1) is 5.92 Å². The van der Waals surface area contributed by atoms with Gasteiger partial charge in [-0.15, -0.1) is 12.4 Å². The third-order valence-corrected chi connectivity index (χ3v) is 4.61. The highest BCUT2D eigenvalue weighted by Crippen LogP contribution is 2.26. The van der Waals surface area contributed by atoms with Gasteiger partial charge in [0.1, 0.15) is 0 Å². The molecule has 3 rings (SSSR count). The number of carbonyl (C=O) groups is 1. The van der Waals surface area contributed by atoms with E-state index in [1.807, 2.05) is 11.9 Å². The summed E-state index contributed by atoms with van der Waals surface area (Å²) in [6.07, 6.45) is 4.01. The highest BCUT2D eigenvalue weighted by Gasteiger charge is 2.31. The smallest absolute Gasteiger partial charge is 0.225 e. The molecular weight excluding hydrogens is 272 g/mol. The van der Waals surface area contributed by atoms with Crippen LogP contribution < -0.4 is 5.32 Å². The lowest BCUT2D eigenvalue weighted by atomic mass is 9.96. The molecule has 0 atom stereocenters. The number of hydrogen-bond donors (Lipinski definition) is 1. The van der Waals surface area contributed by atoms with Crippen LogP contribution in [0.2, 0.25) is 0 Å². The Balaban J connectivity index is 0.00000147. The van der Waals surface area contributed by atoms with Gasteiger partial charge in [-0.1, -0.05) is 24.3 Å². The van der Waals surface area contributed by atoms with Crippen LogP contribution in [-0.4, -0.2) is 37.0 Å². The predicted octanol–water partition coefficient (Wildman–Crippen LogP) is 2.03. The van der Waals surface area contributed by atoms with Gasteiger partial charge in [-0.2, -0.15) is 0 Å². The first kappa shape index (κ1) is 15.3. The number of halogens is 1. The minimum Gasteiger partial charge on any atom is -0.342 e. The Morgan fingerprint density at radius 3 is 2.25 bits per heavy atom. The van der Waals surface area contributed by atoms with Gasteiger partial charge in [0.05, 0.1) is 0 Å². The third kappa shape index (κ3) is 2.99. The van der Waals surface area contributed by atoms with Crippen LogP contribution >= 0.6 is 12.4 Å². The number of rotatable bonds is 2. The Morgan fingerprint density at radius 1 is 1.15 bits per heavy atom. The maximum atomic E-state index is 12.5. The van der Waals surface area contributed by atoms with E-state index in [1.54, 1.807) is 0 Å². The van der Waals surface area contributed by atoms with Gasteiger partial charge in [0.25, 0.3) is 0 Å². The molecule has 1 fully saturated rings. The average molecular weight is 295 g/mol. The first-order chi connectivity index (χ1) is 9.25. The molecule has 0 spiro atoms. The van der Waals surface area contributed by atoms with Gasteiger partial charge >= 0.3 is 0 Å². The van der Waals surface area contributed by atoms with Crippen molar-refractivity contribution >= 4 is 18.3 Å². The van der Waals surface area contributed by atoms with Crippen molar-refractivity contribution < 1.29 is 4.79 Å². The maximum absolute atomic E-state index is 12.5. The highest BCUT2D eigenvalue weighted by molar-refractivity contribution is 5.85. The van der Waals surface area contributed by atoms with Crippen LogP contribution in [0.15, 0.2) is 24.3 Å². The standard InChI is InChI=1S/C16H22N2O.ClH/c1-18(16(19)12-6-8-17-9-7-12)15-10-13-4-2-3-5-14(13)11-15;/h2-5,12,15,17H,6-11H2,1H3;1H. The van der Waals surface area contributed by atoms with Gasteiger partial charge in [-0.05, 0) is 49.9 Å². The number of hydrogen-bond acceptors (Lipinski definition) is 2. The topological polar surface area (TPSA) is 32.3 Å². The molecule has 0 saturated carbocycles. The van der Waals surface area contributed by atoms with Crippen molar-refractivity contribution in [1.82, 2.24) is 10.2 Å². The van der Waals surface area contributed by atoms with Crippen LogP contribution in [0.5, 0.6) is 0 Å². The van der Waals surface area contributed by atoms with Crippen molar-refractivity contribution in [2.75, 3.05) is 20.1 Å². The molecule has 1 aliphatic heterocycles. The number of fused-ring (bicyclic) bond motifs is 1. The van der Waals surface area contributed by atoms with E-state index in [0.29, 0.717) is 11.9 Å². The van der Waals surface area contributed by atoms with Crippen molar-refractivity contribution in [1.29, 1.82) is 0 Å². The summed E-state index contributed by atoms with van der Waals surface area (Å²) in [5, 5.41) is 3.32. The number of nitrogens with zero attached hydrogens (tertiary/aromatic N) is 1.